The molecule has 31 heavy (non-hydrogen) atoms. The minimum atomic E-state index is -0.355. The van der Waals surface area contributed by atoms with Gasteiger partial charge in [-0.15, -0.1) is 0 Å². The highest BCUT2D eigenvalue weighted by Gasteiger charge is 2.29. The van der Waals surface area contributed by atoms with Crippen LogP contribution < -0.4 is 0 Å². The summed E-state index contributed by atoms with van der Waals surface area (Å²) in [5, 5.41) is 8.32. The largest absolute Gasteiger partial charge is 0.445 e. The number of hydrogen-bond acceptors (Lipinski definition) is 5. The predicted octanol–water partition coefficient (Wildman–Crippen LogP) is 3.14. The first-order valence-corrected chi connectivity index (χ1v) is 10.4. The Morgan fingerprint density at radius 3 is 2.45 bits per heavy atom. The Labute approximate surface area is 181 Å². The first-order valence-electron chi connectivity index (χ1n) is 10.4. The number of aromatic nitrogens is 3. The molecule has 2 heterocycles. The molecule has 1 aliphatic rings. The maximum Gasteiger partial charge on any atom is 0.410 e. The van der Waals surface area contributed by atoms with E-state index in [9.17, 15) is 9.59 Å². The number of amides is 2. The van der Waals surface area contributed by atoms with E-state index in [4.69, 9.17) is 4.74 Å². The third-order valence-corrected chi connectivity index (χ3v) is 5.45. The molecule has 0 aliphatic carbocycles. The summed E-state index contributed by atoms with van der Waals surface area (Å²) in [6.45, 7) is 3.64. The van der Waals surface area contributed by atoms with E-state index in [1.54, 1.807) is 23.4 Å². The van der Waals surface area contributed by atoms with Gasteiger partial charge in [-0.2, -0.15) is 15.0 Å². The molecule has 0 unspecified atom stereocenters. The number of rotatable bonds is 4. The molecule has 2 amide bonds. The molecule has 1 saturated heterocycles. The second-order valence-corrected chi connectivity index (χ2v) is 7.50. The number of benzene rings is 2. The van der Waals surface area contributed by atoms with E-state index in [0.29, 0.717) is 37.3 Å². The van der Waals surface area contributed by atoms with Crippen LogP contribution in [-0.2, 0) is 11.3 Å². The summed E-state index contributed by atoms with van der Waals surface area (Å²) in [7, 11) is 0. The zero-order chi connectivity index (χ0) is 21.6. The smallest absolute Gasteiger partial charge is 0.410 e. The Balaban J connectivity index is 1.43. The van der Waals surface area contributed by atoms with Gasteiger partial charge in [-0.25, -0.2) is 4.79 Å². The lowest BCUT2D eigenvalue weighted by Crippen LogP contribution is -2.41. The van der Waals surface area contributed by atoms with Gasteiger partial charge in [-0.3, -0.25) is 4.79 Å². The zero-order valence-corrected chi connectivity index (χ0v) is 17.4. The fourth-order valence-corrected chi connectivity index (χ4v) is 3.68. The van der Waals surface area contributed by atoms with E-state index < -0.39 is 0 Å². The van der Waals surface area contributed by atoms with Crippen LogP contribution in [0.2, 0.25) is 0 Å². The van der Waals surface area contributed by atoms with E-state index in [1.807, 2.05) is 60.4 Å². The molecule has 0 saturated carbocycles. The molecular weight excluding hydrogens is 394 g/mol. The lowest BCUT2D eigenvalue weighted by atomic mass is 10.1. The van der Waals surface area contributed by atoms with Gasteiger partial charge in [0.2, 0.25) is 0 Å². The quantitative estimate of drug-likeness (QED) is 0.649. The van der Waals surface area contributed by atoms with E-state index >= 15 is 0 Å². The fraction of sp³-hybridized carbons (Fsp3) is 0.304. The van der Waals surface area contributed by atoms with Crippen LogP contribution in [0.3, 0.4) is 0 Å². The van der Waals surface area contributed by atoms with Gasteiger partial charge in [0.15, 0.2) is 0 Å². The van der Waals surface area contributed by atoms with Gasteiger partial charge in [-0.05, 0) is 31.0 Å². The first kappa shape index (κ1) is 20.6. The summed E-state index contributed by atoms with van der Waals surface area (Å²) in [6.07, 6.45) is 3.48. The average molecular weight is 419 g/mol. The van der Waals surface area contributed by atoms with E-state index in [0.717, 1.165) is 5.56 Å². The SMILES string of the molecule is C[C@H]1CCN(C(=O)OCc2ccccc2)CCN1C(=O)c1ccccc1-n1nccn1. The molecule has 160 valence electrons. The third-order valence-electron chi connectivity index (χ3n) is 5.45. The van der Waals surface area contributed by atoms with Crippen molar-refractivity contribution in [3.63, 3.8) is 0 Å². The zero-order valence-electron chi connectivity index (χ0n) is 17.4. The van der Waals surface area contributed by atoms with E-state index in [1.165, 1.54) is 4.80 Å². The summed E-state index contributed by atoms with van der Waals surface area (Å²) in [6, 6.07) is 16.9. The number of carbonyl (C=O) groups is 2. The highest BCUT2D eigenvalue weighted by molar-refractivity contribution is 5.98. The van der Waals surface area contributed by atoms with Gasteiger partial charge in [-0.1, -0.05) is 42.5 Å². The normalized spacial score (nSPS) is 16.6. The van der Waals surface area contributed by atoms with Crippen molar-refractivity contribution in [3.05, 3.63) is 78.1 Å². The molecule has 0 radical (unpaired) electrons. The topological polar surface area (TPSA) is 80.6 Å². The van der Waals surface area contributed by atoms with Crippen LogP contribution in [0.5, 0.6) is 0 Å². The minimum absolute atomic E-state index is 0.0157. The first-order chi connectivity index (χ1) is 15.1. The number of ether oxygens (including phenoxy) is 1. The molecule has 1 aliphatic heterocycles. The molecule has 4 rings (SSSR count). The van der Waals surface area contributed by atoms with Crippen LogP contribution in [0.1, 0.15) is 29.3 Å². The molecular formula is C23H25N5O3. The summed E-state index contributed by atoms with van der Waals surface area (Å²) in [5.41, 5.74) is 2.11. The standard InChI is InChI=1S/C23H25N5O3/c1-18-11-14-26(23(30)31-17-19-7-3-2-4-8-19)15-16-27(18)22(29)20-9-5-6-10-21(20)28-24-12-13-25-28/h2-10,12-13,18H,11,14-17H2,1H3/t18-/m0/s1. The van der Waals surface area contributed by atoms with E-state index in [2.05, 4.69) is 10.2 Å². The van der Waals surface area contributed by atoms with Crippen LogP contribution in [0, 0.1) is 0 Å². The lowest BCUT2D eigenvalue weighted by molar-refractivity contribution is 0.0693. The van der Waals surface area contributed by atoms with Crippen molar-refractivity contribution in [3.8, 4) is 5.69 Å². The molecule has 8 heteroatoms. The summed E-state index contributed by atoms with van der Waals surface area (Å²) in [4.78, 5) is 30.9. The van der Waals surface area contributed by atoms with Gasteiger partial charge < -0.3 is 14.5 Å². The molecule has 0 N–H and O–H groups in total. The molecule has 1 fully saturated rings. The molecule has 1 aromatic heterocycles. The summed E-state index contributed by atoms with van der Waals surface area (Å²) < 4.78 is 5.47. The second-order valence-electron chi connectivity index (χ2n) is 7.50. The van der Waals surface area contributed by atoms with E-state index in [-0.39, 0.29) is 24.6 Å². The van der Waals surface area contributed by atoms with Crippen LogP contribution in [0.25, 0.3) is 5.69 Å². The van der Waals surface area contributed by atoms with Gasteiger partial charge in [0.05, 0.1) is 23.6 Å². The molecule has 8 nitrogen and oxygen atoms in total. The van der Waals surface area contributed by atoms with Crippen LogP contribution in [0.15, 0.2) is 67.0 Å². The Bertz CT molecular complexity index is 1020. The Kier molecular flexibility index (Phi) is 6.26. The molecule has 2 aromatic carbocycles. The molecule has 0 bridgehead atoms. The molecule has 3 aromatic rings. The Hall–Kier alpha value is -3.68. The van der Waals surface area contributed by atoms with Crippen molar-refractivity contribution in [1.82, 2.24) is 24.8 Å². The van der Waals surface area contributed by atoms with Crippen molar-refractivity contribution < 1.29 is 14.3 Å². The maximum atomic E-state index is 13.4. The second kappa shape index (κ2) is 9.42. The maximum absolute atomic E-state index is 13.4. The van der Waals surface area contributed by atoms with Crippen molar-refractivity contribution in [2.75, 3.05) is 19.6 Å². The number of carbonyl (C=O) groups excluding carboxylic acids is 2. The van der Waals surface area contributed by atoms with Crippen molar-refractivity contribution in [2.45, 2.75) is 26.0 Å². The molecule has 0 spiro atoms. The van der Waals surface area contributed by atoms with Crippen molar-refractivity contribution >= 4 is 12.0 Å². The summed E-state index contributed by atoms with van der Waals surface area (Å²) >= 11 is 0. The number of para-hydroxylation sites is 1. The Morgan fingerprint density at radius 1 is 0.968 bits per heavy atom. The third kappa shape index (κ3) is 4.74. The highest BCUT2D eigenvalue weighted by Crippen LogP contribution is 2.20. The van der Waals surface area contributed by atoms with Crippen LogP contribution in [0.4, 0.5) is 4.79 Å². The fourth-order valence-electron chi connectivity index (χ4n) is 3.68. The van der Waals surface area contributed by atoms with Gasteiger partial charge in [0.1, 0.15) is 6.61 Å². The van der Waals surface area contributed by atoms with Gasteiger partial charge in [0, 0.05) is 25.7 Å². The van der Waals surface area contributed by atoms with Crippen LogP contribution >= 0.6 is 0 Å². The number of nitrogens with zero attached hydrogens (tertiary/aromatic N) is 5. The van der Waals surface area contributed by atoms with Gasteiger partial charge >= 0.3 is 6.09 Å². The monoisotopic (exact) mass is 419 g/mol. The van der Waals surface area contributed by atoms with Gasteiger partial charge in [0.25, 0.3) is 5.91 Å². The lowest BCUT2D eigenvalue weighted by Gasteiger charge is -2.27. The predicted molar refractivity (Wildman–Crippen MR) is 115 cm³/mol. The van der Waals surface area contributed by atoms with Crippen molar-refractivity contribution in [1.29, 1.82) is 0 Å². The minimum Gasteiger partial charge on any atom is -0.445 e. The Morgan fingerprint density at radius 2 is 1.68 bits per heavy atom. The molecule has 1 atom stereocenters. The van der Waals surface area contributed by atoms with Crippen LogP contribution in [-0.4, -0.2) is 62.5 Å². The number of hydrogen-bond donors (Lipinski definition) is 0. The highest BCUT2D eigenvalue weighted by atomic mass is 16.6. The average Bonchev–Trinajstić information content (AvgIpc) is 3.27. The summed E-state index contributed by atoms with van der Waals surface area (Å²) in [5.74, 6) is -0.0973. The van der Waals surface area contributed by atoms with Crippen molar-refractivity contribution in [2.24, 2.45) is 0 Å².